The number of methoxy groups -OCH3 is 1. The molecule has 3 heterocycles. The van der Waals surface area contributed by atoms with Crippen LogP contribution in [0.4, 0.5) is 17.5 Å². The maximum Gasteiger partial charge on any atom is 0.246 e. The summed E-state index contributed by atoms with van der Waals surface area (Å²) < 4.78 is 5.18. The first kappa shape index (κ1) is 17.7. The molecule has 9 nitrogen and oxygen atoms in total. The van der Waals surface area contributed by atoms with E-state index in [4.69, 9.17) is 4.74 Å². The molecule has 0 atom stereocenters. The molecule has 2 N–H and O–H groups in total. The Hall–Kier alpha value is -3.75. The van der Waals surface area contributed by atoms with E-state index in [1.807, 2.05) is 24.3 Å². The molecule has 1 aliphatic rings. The zero-order chi connectivity index (χ0) is 19.5. The highest BCUT2D eigenvalue weighted by molar-refractivity contribution is 5.88. The normalized spacial score (nSPS) is 13.7. The predicted octanol–water partition coefficient (Wildman–Crippen LogP) is 1.98. The van der Waals surface area contributed by atoms with Gasteiger partial charge in [-0.3, -0.25) is 4.79 Å². The van der Waals surface area contributed by atoms with Gasteiger partial charge >= 0.3 is 0 Å². The van der Waals surface area contributed by atoms with E-state index in [9.17, 15) is 4.79 Å². The second-order valence-corrected chi connectivity index (χ2v) is 6.29. The van der Waals surface area contributed by atoms with Crippen molar-refractivity contribution < 1.29 is 9.53 Å². The molecule has 0 saturated carbocycles. The SMILES string of the molecule is C=CC(=O)N1CC(Nc2ncc3ncnc(Nc4ccc(OC)cc4)c3n2)C1. The van der Waals surface area contributed by atoms with Crippen molar-refractivity contribution in [3.8, 4) is 5.75 Å². The van der Waals surface area contributed by atoms with Gasteiger partial charge in [-0.1, -0.05) is 6.58 Å². The average Bonchev–Trinajstić information content (AvgIpc) is 2.70. The monoisotopic (exact) mass is 377 g/mol. The molecule has 1 aliphatic heterocycles. The van der Waals surface area contributed by atoms with Crippen molar-refractivity contribution in [1.82, 2.24) is 24.8 Å². The lowest BCUT2D eigenvalue weighted by atomic mass is 10.1. The number of likely N-dealkylation sites (tertiary alicyclic amines) is 1. The van der Waals surface area contributed by atoms with Gasteiger partial charge in [0.1, 0.15) is 23.1 Å². The highest BCUT2D eigenvalue weighted by Crippen LogP contribution is 2.24. The maximum atomic E-state index is 11.5. The number of carbonyl (C=O) groups excluding carboxylic acids is 1. The van der Waals surface area contributed by atoms with Gasteiger partial charge in [-0.25, -0.2) is 19.9 Å². The van der Waals surface area contributed by atoms with Gasteiger partial charge in [0.25, 0.3) is 0 Å². The van der Waals surface area contributed by atoms with Gasteiger partial charge in [0.15, 0.2) is 5.82 Å². The van der Waals surface area contributed by atoms with Crippen LogP contribution in [0.2, 0.25) is 0 Å². The Bertz CT molecular complexity index is 1020. The number of anilines is 3. The molecule has 4 rings (SSSR count). The number of nitrogens with zero attached hydrogens (tertiary/aromatic N) is 5. The number of hydrogen-bond donors (Lipinski definition) is 2. The highest BCUT2D eigenvalue weighted by Gasteiger charge is 2.29. The molecule has 1 saturated heterocycles. The van der Waals surface area contributed by atoms with Crippen molar-refractivity contribution in [2.45, 2.75) is 6.04 Å². The Morgan fingerprint density at radius 2 is 2.04 bits per heavy atom. The Morgan fingerprint density at radius 3 is 2.75 bits per heavy atom. The molecule has 28 heavy (non-hydrogen) atoms. The average molecular weight is 377 g/mol. The second-order valence-electron chi connectivity index (χ2n) is 6.29. The molecular weight excluding hydrogens is 358 g/mol. The summed E-state index contributed by atoms with van der Waals surface area (Å²) in [5, 5.41) is 6.48. The van der Waals surface area contributed by atoms with E-state index >= 15 is 0 Å². The fraction of sp³-hybridized carbons (Fsp3) is 0.211. The summed E-state index contributed by atoms with van der Waals surface area (Å²) >= 11 is 0. The topological polar surface area (TPSA) is 105 Å². The van der Waals surface area contributed by atoms with E-state index < -0.39 is 0 Å². The summed E-state index contributed by atoms with van der Waals surface area (Å²) in [6.07, 6.45) is 4.43. The van der Waals surface area contributed by atoms with E-state index in [0.29, 0.717) is 35.9 Å². The van der Waals surface area contributed by atoms with Crippen LogP contribution in [0.15, 0.2) is 49.4 Å². The fourth-order valence-electron chi connectivity index (χ4n) is 2.89. The van der Waals surface area contributed by atoms with Crippen LogP contribution in [0.3, 0.4) is 0 Å². The zero-order valence-electron chi connectivity index (χ0n) is 15.3. The van der Waals surface area contributed by atoms with Crippen LogP contribution in [-0.4, -0.2) is 57.0 Å². The van der Waals surface area contributed by atoms with Crippen LogP contribution in [0, 0.1) is 0 Å². The quantitative estimate of drug-likeness (QED) is 0.628. The molecule has 142 valence electrons. The molecule has 0 unspecified atom stereocenters. The molecule has 1 amide bonds. The second kappa shape index (κ2) is 7.47. The summed E-state index contributed by atoms with van der Waals surface area (Å²) in [7, 11) is 1.63. The van der Waals surface area contributed by atoms with E-state index in [1.165, 1.54) is 12.4 Å². The number of rotatable bonds is 6. The minimum atomic E-state index is -0.0724. The van der Waals surface area contributed by atoms with Gasteiger partial charge in [0.05, 0.1) is 19.3 Å². The van der Waals surface area contributed by atoms with E-state index in [2.05, 4.69) is 37.1 Å². The number of carbonyl (C=O) groups is 1. The van der Waals surface area contributed by atoms with Crippen LogP contribution in [0.5, 0.6) is 5.75 Å². The Kier molecular flexibility index (Phi) is 4.71. The minimum absolute atomic E-state index is 0.0724. The van der Waals surface area contributed by atoms with Crippen molar-refractivity contribution >= 4 is 34.4 Å². The van der Waals surface area contributed by atoms with Crippen molar-refractivity contribution in [3.63, 3.8) is 0 Å². The third-order valence-corrected chi connectivity index (χ3v) is 4.43. The lowest BCUT2D eigenvalue weighted by molar-refractivity contribution is -0.129. The standard InChI is InChI=1S/C19H19N7O2/c1-3-16(27)26-9-13(10-26)24-19-20-8-15-17(25-19)18(22-11-21-15)23-12-4-6-14(28-2)7-5-12/h3-8,11,13H,1,9-10H2,2H3,(H,20,24,25)(H,21,22,23). The molecule has 3 aromatic rings. The molecule has 0 radical (unpaired) electrons. The van der Waals surface area contributed by atoms with Crippen molar-refractivity contribution in [2.24, 2.45) is 0 Å². The third kappa shape index (κ3) is 3.54. The van der Waals surface area contributed by atoms with Gasteiger partial charge in [-0.15, -0.1) is 0 Å². The largest absolute Gasteiger partial charge is 0.497 e. The van der Waals surface area contributed by atoms with Gasteiger partial charge in [0, 0.05) is 18.8 Å². The molecular formula is C19H19N7O2. The minimum Gasteiger partial charge on any atom is -0.497 e. The van der Waals surface area contributed by atoms with E-state index in [-0.39, 0.29) is 11.9 Å². The Balaban J connectivity index is 1.52. The first-order valence-electron chi connectivity index (χ1n) is 8.73. The molecule has 2 aromatic heterocycles. The maximum absolute atomic E-state index is 11.5. The van der Waals surface area contributed by atoms with Crippen LogP contribution < -0.4 is 15.4 Å². The smallest absolute Gasteiger partial charge is 0.246 e. The van der Waals surface area contributed by atoms with Crippen molar-refractivity contribution in [1.29, 1.82) is 0 Å². The van der Waals surface area contributed by atoms with Crippen LogP contribution >= 0.6 is 0 Å². The molecule has 1 aromatic carbocycles. The number of ether oxygens (including phenoxy) is 1. The summed E-state index contributed by atoms with van der Waals surface area (Å²) in [4.78, 5) is 30.6. The summed E-state index contributed by atoms with van der Waals surface area (Å²) in [5.74, 6) is 1.75. The van der Waals surface area contributed by atoms with Gasteiger partial charge in [-0.2, -0.15) is 0 Å². The van der Waals surface area contributed by atoms with Crippen LogP contribution in [0.1, 0.15) is 0 Å². The van der Waals surface area contributed by atoms with Crippen LogP contribution in [0.25, 0.3) is 11.0 Å². The number of benzene rings is 1. The molecule has 1 fully saturated rings. The zero-order valence-corrected chi connectivity index (χ0v) is 15.3. The fourth-order valence-corrected chi connectivity index (χ4v) is 2.89. The van der Waals surface area contributed by atoms with Gasteiger partial charge < -0.3 is 20.3 Å². The number of aromatic nitrogens is 4. The summed E-state index contributed by atoms with van der Waals surface area (Å²) in [5.41, 5.74) is 2.09. The third-order valence-electron chi connectivity index (χ3n) is 4.43. The predicted molar refractivity (Wildman–Crippen MR) is 106 cm³/mol. The first-order valence-corrected chi connectivity index (χ1v) is 8.73. The van der Waals surface area contributed by atoms with Gasteiger partial charge in [0.2, 0.25) is 11.9 Å². The first-order chi connectivity index (χ1) is 13.7. The number of fused-ring (bicyclic) bond motifs is 1. The summed E-state index contributed by atoms with van der Waals surface area (Å²) in [6.45, 7) is 4.68. The molecule has 0 spiro atoms. The lowest BCUT2D eigenvalue weighted by Crippen LogP contribution is -2.56. The number of amides is 1. The molecule has 0 bridgehead atoms. The van der Waals surface area contributed by atoms with E-state index in [0.717, 1.165) is 11.4 Å². The molecule has 0 aliphatic carbocycles. The lowest BCUT2D eigenvalue weighted by Gasteiger charge is -2.38. The number of hydrogen-bond acceptors (Lipinski definition) is 8. The van der Waals surface area contributed by atoms with Crippen molar-refractivity contribution in [3.05, 3.63) is 49.4 Å². The Labute approximate surface area is 161 Å². The highest BCUT2D eigenvalue weighted by atomic mass is 16.5. The number of nitrogens with one attached hydrogen (secondary N) is 2. The van der Waals surface area contributed by atoms with Crippen LogP contribution in [-0.2, 0) is 4.79 Å². The Morgan fingerprint density at radius 1 is 1.25 bits per heavy atom. The van der Waals surface area contributed by atoms with Crippen molar-refractivity contribution in [2.75, 3.05) is 30.8 Å². The summed E-state index contributed by atoms with van der Waals surface area (Å²) in [6, 6.07) is 7.62. The van der Waals surface area contributed by atoms with E-state index in [1.54, 1.807) is 18.2 Å². The van der Waals surface area contributed by atoms with Gasteiger partial charge in [-0.05, 0) is 30.3 Å². The molecule has 9 heteroatoms.